The number of hydrogen-bond acceptors (Lipinski definition) is 5. The van der Waals surface area contributed by atoms with Gasteiger partial charge in [-0.2, -0.15) is 18.3 Å². The lowest BCUT2D eigenvalue weighted by Crippen LogP contribution is -2.33. The van der Waals surface area contributed by atoms with Gasteiger partial charge in [-0.3, -0.25) is 14.4 Å². The quantitative estimate of drug-likeness (QED) is 0.375. The summed E-state index contributed by atoms with van der Waals surface area (Å²) in [6.07, 6.45) is -4.58. The Morgan fingerprint density at radius 3 is 2.33 bits per heavy atom. The van der Waals surface area contributed by atoms with Crippen molar-refractivity contribution in [2.45, 2.75) is 13.1 Å². The Labute approximate surface area is 168 Å². The smallest absolute Gasteiger partial charge is 0.416 e. The van der Waals surface area contributed by atoms with E-state index < -0.39 is 29.5 Å². The van der Waals surface area contributed by atoms with E-state index in [9.17, 15) is 27.6 Å². The molecule has 0 aromatic heterocycles. The molecule has 2 aromatic rings. The molecule has 3 amide bonds. The monoisotopic (exact) mass is 422 g/mol. The third-order valence-electron chi connectivity index (χ3n) is 3.63. The molecule has 8 nitrogen and oxygen atoms in total. The van der Waals surface area contributed by atoms with Gasteiger partial charge >= 0.3 is 18.0 Å². The summed E-state index contributed by atoms with van der Waals surface area (Å²) >= 11 is 0. The standard InChI is InChI=1S/C19H17F3N4O4/c1-11(12-5-7-15(8-6-12)30-10-16(23)27)25-26-18(29)17(28)24-14-4-2-3-13(9-14)19(20,21)22/h2-9H,10H2,1H3,(H2,23,27)(H,24,28)(H,26,29)/b25-11+. The van der Waals surface area contributed by atoms with Gasteiger partial charge in [0, 0.05) is 5.69 Å². The molecule has 0 atom stereocenters. The van der Waals surface area contributed by atoms with Crippen molar-refractivity contribution in [1.29, 1.82) is 0 Å². The third kappa shape index (κ3) is 6.62. The Hall–Kier alpha value is -3.89. The molecule has 0 aliphatic heterocycles. The van der Waals surface area contributed by atoms with Crippen molar-refractivity contribution in [2.24, 2.45) is 10.8 Å². The van der Waals surface area contributed by atoms with Crippen molar-refractivity contribution < 1.29 is 32.3 Å². The lowest BCUT2D eigenvalue weighted by molar-refractivity contribution is -0.137. The lowest BCUT2D eigenvalue weighted by atomic mass is 10.1. The van der Waals surface area contributed by atoms with Crippen LogP contribution in [0.5, 0.6) is 5.75 Å². The zero-order valence-corrected chi connectivity index (χ0v) is 15.6. The summed E-state index contributed by atoms with van der Waals surface area (Å²) < 4.78 is 43.2. The van der Waals surface area contributed by atoms with Gasteiger partial charge in [0.25, 0.3) is 5.91 Å². The zero-order chi connectivity index (χ0) is 22.3. The maximum Gasteiger partial charge on any atom is 0.416 e. The maximum absolute atomic E-state index is 12.7. The minimum Gasteiger partial charge on any atom is -0.484 e. The van der Waals surface area contributed by atoms with Gasteiger partial charge in [-0.1, -0.05) is 6.07 Å². The lowest BCUT2D eigenvalue weighted by Gasteiger charge is -2.09. The van der Waals surface area contributed by atoms with E-state index >= 15 is 0 Å². The number of nitrogens with zero attached hydrogens (tertiary/aromatic N) is 1. The average molecular weight is 422 g/mol. The van der Waals surface area contributed by atoms with Crippen molar-refractivity contribution >= 4 is 29.1 Å². The second-order valence-electron chi connectivity index (χ2n) is 5.95. The van der Waals surface area contributed by atoms with E-state index in [-0.39, 0.29) is 12.3 Å². The number of nitrogens with two attached hydrogens (primary N) is 1. The molecule has 0 fully saturated rings. The fourth-order valence-electron chi connectivity index (χ4n) is 2.16. The number of alkyl halides is 3. The van der Waals surface area contributed by atoms with Gasteiger partial charge < -0.3 is 15.8 Å². The van der Waals surface area contributed by atoms with E-state index in [2.05, 4.69) is 10.4 Å². The van der Waals surface area contributed by atoms with Crippen LogP contribution in [0.3, 0.4) is 0 Å². The number of hydrogen-bond donors (Lipinski definition) is 3. The normalized spacial score (nSPS) is 11.5. The third-order valence-corrected chi connectivity index (χ3v) is 3.63. The molecule has 0 radical (unpaired) electrons. The second kappa shape index (κ2) is 9.54. The Morgan fingerprint density at radius 1 is 1.07 bits per heavy atom. The number of carbonyl (C=O) groups is 3. The number of hydrazone groups is 1. The number of halogens is 3. The molecule has 0 unspecified atom stereocenters. The van der Waals surface area contributed by atoms with Crippen LogP contribution < -0.4 is 21.2 Å². The van der Waals surface area contributed by atoms with E-state index in [1.807, 2.05) is 5.43 Å². The van der Waals surface area contributed by atoms with Gasteiger partial charge in [0.05, 0.1) is 11.3 Å². The molecule has 0 aliphatic rings. The molecule has 0 spiro atoms. The maximum atomic E-state index is 12.7. The summed E-state index contributed by atoms with van der Waals surface area (Å²) in [4.78, 5) is 34.4. The Kier molecular flexibility index (Phi) is 7.13. The second-order valence-corrected chi connectivity index (χ2v) is 5.95. The van der Waals surface area contributed by atoms with Crippen LogP contribution in [-0.2, 0) is 20.6 Å². The van der Waals surface area contributed by atoms with Crippen molar-refractivity contribution in [3.63, 3.8) is 0 Å². The van der Waals surface area contributed by atoms with Crippen molar-refractivity contribution in [2.75, 3.05) is 11.9 Å². The minimum atomic E-state index is -4.58. The summed E-state index contributed by atoms with van der Waals surface area (Å²) in [7, 11) is 0. The highest BCUT2D eigenvalue weighted by Crippen LogP contribution is 2.30. The fourth-order valence-corrected chi connectivity index (χ4v) is 2.16. The number of primary amides is 1. The van der Waals surface area contributed by atoms with E-state index in [1.54, 1.807) is 31.2 Å². The largest absolute Gasteiger partial charge is 0.484 e. The molecule has 0 bridgehead atoms. The highest BCUT2D eigenvalue weighted by molar-refractivity contribution is 6.39. The fraction of sp³-hybridized carbons (Fsp3) is 0.158. The van der Waals surface area contributed by atoms with E-state index in [0.29, 0.717) is 23.1 Å². The zero-order valence-electron chi connectivity index (χ0n) is 15.6. The van der Waals surface area contributed by atoms with Gasteiger partial charge in [0.1, 0.15) is 5.75 Å². The molecule has 158 valence electrons. The van der Waals surface area contributed by atoms with Crippen LogP contribution in [0, 0.1) is 0 Å². The Balaban J connectivity index is 1.96. The van der Waals surface area contributed by atoms with Crippen molar-refractivity contribution in [3.8, 4) is 5.75 Å². The highest BCUT2D eigenvalue weighted by Gasteiger charge is 2.30. The summed E-state index contributed by atoms with van der Waals surface area (Å²) in [5.41, 5.74) is 6.79. The number of carbonyl (C=O) groups excluding carboxylic acids is 3. The van der Waals surface area contributed by atoms with Gasteiger partial charge in [0.2, 0.25) is 0 Å². The Bertz CT molecular complexity index is 972. The summed E-state index contributed by atoms with van der Waals surface area (Å²) in [5.74, 6) is -2.56. The molecule has 30 heavy (non-hydrogen) atoms. The van der Waals surface area contributed by atoms with Crippen LogP contribution >= 0.6 is 0 Å². The molecule has 0 saturated carbocycles. The predicted octanol–water partition coefficient (Wildman–Crippen LogP) is 2.05. The number of anilines is 1. The Morgan fingerprint density at radius 2 is 1.73 bits per heavy atom. The van der Waals surface area contributed by atoms with Crippen molar-refractivity contribution in [3.05, 3.63) is 59.7 Å². The molecule has 2 rings (SSSR count). The molecule has 2 aromatic carbocycles. The summed E-state index contributed by atoms with van der Waals surface area (Å²) in [6, 6.07) is 10.2. The summed E-state index contributed by atoms with van der Waals surface area (Å²) in [6.45, 7) is 1.29. The van der Waals surface area contributed by atoms with Crippen LogP contribution in [0.15, 0.2) is 53.6 Å². The van der Waals surface area contributed by atoms with Crippen LogP contribution in [0.1, 0.15) is 18.1 Å². The van der Waals surface area contributed by atoms with E-state index in [0.717, 1.165) is 12.1 Å². The minimum absolute atomic E-state index is 0.183. The van der Waals surface area contributed by atoms with Crippen molar-refractivity contribution in [1.82, 2.24) is 5.43 Å². The topological polar surface area (TPSA) is 123 Å². The molecule has 11 heteroatoms. The molecule has 0 saturated heterocycles. The predicted molar refractivity (Wildman–Crippen MR) is 102 cm³/mol. The van der Waals surface area contributed by atoms with Crippen LogP contribution in [-0.4, -0.2) is 30.0 Å². The average Bonchev–Trinajstić information content (AvgIpc) is 2.70. The van der Waals surface area contributed by atoms with Gasteiger partial charge in [0.15, 0.2) is 6.61 Å². The molecular weight excluding hydrogens is 405 g/mol. The number of rotatable bonds is 6. The first kappa shape index (κ1) is 22.4. The van der Waals surface area contributed by atoms with Crippen LogP contribution in [0.25, 0.3) is 0 Å². The van der Waals surface area contributed by atoms with E-state index in [4.69, 9.17) is 10.5 Å². The van der Waals surface area contributed by atoms with Gasteiger partial charge in [-0.05, 0) is 55.0 Å². The number of nitrogens with one attached hydrogen (secondary N) is 2. The van der Waals surface area contributed by atoms with Crippen LogP contribution in [0.2, 0.25) is 0 Å². The molecule has 4 N–H and O–H groups in total. The summed E-state index contributed by atoms with van der Waals surface area (Å²) in [5, 5.41) is 5.85. The van der Waals surface area contributed by atoms with Gasteiger partial charge in [-0.25, -0.2) is 5.43 Å². The first-order chi connectivity index (χ1) is 14.1. The highest BCUT2D eigenvalue weighted by atomic mass is 19.4. The first-order valence-electron chi connectivity index (χ1n) is 8.40. The molecular formula is C19H17F3N4O4. The first-order valence-corrected chi connectivity index (χ1v) is 8.40. The molecule has 0 heterocycles. The number of benzene rings is 2. The van der Waals surface area contributed by atoms with E-state index in [1.165, 1.54) is 6.07 Å². The van der Waals surface area contributed by atoms with Gasteiger partial charge in [-0.15, -0.1) is 0 Å². The SMILES string of the molecule is C/C(=N\NC(=O)C(=O)Nc1cccc(C(F)(F)F)c1)c1ccc(OCC(N)=O)cc1. The molecule has 0 aliphatic carbocycles. The number of amides is 3. The van der Waals surface area contributed by atoms with Crippen LogP contribution in [0.4, 0.5) is 18.9 Å². The number of ether oxygens (including phenoxy) is 1.